The molecule has 29 heavy (non-hydrogen) atoms. The normalized spacial score (nSPS) is 15.1. The van der Waals surface area contributed by atoms with Crippen LogP contribution in [0.5, 0.6) is 17.2 Å². The van der Waals surface area contributed by atoms with E-state index in [1.165, 1.54) is 0 Å². The fourth-order valence-electron chi connectivity index (χ4n) is 3.90. The van der Waals surface area contributed by atoms with Gasteiger partial charge in [0, 0.05) is 24.1 Å². The molecule has 0 saturated carbocycles. The highest BCUT2D eigenvalue weighted by Gasteiger charge is 2.32. The van der Waals surface area contributed by atoms with Crippen LogP contribution in [0.15, 0.2) is 54.7 Å². The van der Waals surface area contributed by atoms with Crippen molar-refractivity contribution in [1.82, 2.24) is 4.98 Å². The Morgan fingerprint density at radius 1 is 0.931 bits per heavy atom. The molecule has 5 nitrogen and oxygen atoms in total. The summed E-state index contributed by atoms with van der Waals surface area (Å²) in [6.07, 6.45) is 2.88. The van der Waals surface area contributed by atoms with Crippen molar-refractivity contribution in [3.05, 3.63) is 71.5 Å². The fourth-order valence-corrected chi connectivity index (χ4v) is 3.90. The zero-order chi connectivity index (χ0) is 20.4. The average molecular weight is 389 g/mol. The number of nitrogens with zero attached hydrogens (tertiary/aromatic N) is 1. The molecule has 148 valence electrons. The molecule has 0 aliphatic heterocycles. The van der Waals surface area contributed by atoms with E-state index in [1.54, 1.807) is 27.5 Å². The Hall–Kier alpha value is -3.34. The van der Waals surface area contributed by atoms with E-state index in [1.807, 2.05) is 30.3 Å². The van der Waals surface area contributed by atoms with Crippen molar-refractivity contribution in [2.75, 3.05) is 21.3 Å². The van der Waals surface area contributed by atoms with Gasteiger partial charge in [0.1, 0.15) is 5.78 Å². The van der Waals surface area contributed by atoms with Gasteiger partial charge in [-0.2, -0.15) is 0 Å². The summed E-state index contributed by atoms with van der Waals surface area (Å²) in [7, 11) is 4.77. The number of benzene rings is 2. The minimum atomic E-state index is -0.165. The van der Waals surface area contributed by atoms with Crippen molar-refractivity contribution in [3.63, 3.8) is 0 Å². The van der Waals surface area contributed by atoms with Crippen LogP contribution >= 0.6 is 0 Å². The minimum Gasteiger partial charge on any atom is -0.493 e. The molecule has 1 aromatic heterocycles. The van der Waals surface area contributed by atoms with Crippen LogP contribution in [-0.2, 0) is 17.6 Å². The van der Waals surface area contributed by atoms with Crippen LogP contribution in [0.4, 0.5) is 0 Å². The number of hydrogen-bond acceptors (Lipinski definition) is 5. The van der Waals surface area contributed by atoms with Gasteiger partial charge in [0.25, 0.3) is 0 Å². The largest absolute Gasteiger partial charge is 0.493 e. The van der Waals surface area contributed by atoms with Gasteiger partial charge < -0.3 is 14.2 Å². The number of methoxy groups -OCH3 is 3. The molecule has 0 N–H and O–H groups in total. The third-order valence-corrected chi connectivity index (χ3v) is 5.39. The predicted molar refractivity (Wildman–Crippen MR) is 111 cm³/mol. The van der Waals surface area contributed by atoms with Crippen molar-refractivity contribution in [2.24, 2.45) is 0 Å². The topological polar surface area (TPSA) is 57.7 Å². The second-order valence-corrected chi connectivity index (χ2v) is 7.06. The van der Waals surface area contributed by atoms with E-state index in [0.717, 1.165) is 27.9 Å². The molecule has 1 heterocycles. The number of fused-ring (bicyclic) bond motifs is 1. The lowest BCUT2D eigenvalue weighted by molar-refractivity contribution is -0.119. The molecule has 4 rings (SSSR count). The van der Waals surface area contributed by atoms with E-state index in [0.29, 0.717) is 30.1 Å². The minimum absolute atomic E-state index is 0.165. The molecule has 0 bridgehead atoms. The second-order valence-electron chi connectivity index (χ2n) is 7.06. The van der Waals surface area contributed by atoms with E-state index in [4.69, 9.17) is 14.2 Å². The number of hydrogen-bond donors (Lipinski definition) is 0. The fraction of sp³-hybridized carbons (Fsp3) is 0.250. The van der Waals surface area contributed by atoms with Gasteiger partial charge in [-0.05, 0) is 41.3 Å². The van der Waals surface area contributed by atoms with Crippen LogP contribution in [-0.4, -0.2) is 32.1 Å². The highest BCUT2D eigenvalue weighted by atomic mass is 16.5. The number of pyridine rings is 1. The molecule has 3 aromatic rings. The number of carbonyl (C=O) groups excluding carboxylic acids is 1. The summed E-state index contributed by atoms with van der Waals surface area (Å²) in [6, 6.07) is 16.0. The Labute approximate surface area is 170 Å². The summed E-state index contributed by atoms with van der Waals surface area (Å²) in [5.41, 5.74) is 4.83. The molecule has 1 aliphatic rings. The number of Topliss-reactive ketones (excluding diaryl/α,β-unsaturated/α-hetero) is 1. The molecule has 1 unspecified atom stereocenters. The number of aromatic nitrogens is 1. The first-order chi connectivity index (χ1) is 14.1. The average Bonchev–Trinajstić information content (AvgIpc) is 3.07. The first kappa shape index (κ1) is 19.0. The third-order valence-electron chi connectivity index (χ3n) is 5.39. The van der Waals surface area contributed by atoms with E-state index in [-0.39, 0.29) is 11.7 Å². The summed E-state index contributed by atoms with van der Waals surface area (Å²) in [4.78, 5) is 17.3. The zero-order valence-electron chi connectivity index (χ0n) is 16.8. The first-order valence-corrected chi connectivity index (χ1v) is 9.50. The number of rotatable bonds is 6. The maximum atomic E-state index is 12.7. The second kappa shape index (κ2) is 7.95. The lowest BCUT2D eigenvalue weighted by atomic mass is 9.92. The number of ketones is 1. The summed E-state index contributed by atoms with van der Waals surface area (Å²) < 4.78 is 16.4. The van der Waals surface area contributed by atoms with E-state index < -0.39 is 0 Å². The lowest BCUT2D eigenvalue weighted by Gasteiger charge is -2.15. The standard InChI is InChI=1S/C24H23NO4/c1-27-22-11-16(12-23(28-2)24(22)29-3)17-10-18-19(9-15-7-5-4-6-8-15)21(26)13-20(18)25-14-17/h4-8,10-12,14,19H,9,13H2,1-3H3. The Bertz CT molecular complexity index is 1020. The zero-order valence-corrected chi connectivity index (χ0v) is 16.8. The highest BCUT2D eigenvalue weighted by Crippen LogP contribution is 2.42. The maximum absolute atomic E-state index is 12.7. The molecule has 2 aromatic carbocycles. The van der Waals surface area contributed by atoms with Gasteiger partial charge in [-0.25, -0.2) is 0 Å². The molecule has 1 atom stereocenters. The molecular formula is C24H23NO4. The first-order valence-electron chi connectivity index (χ1n) is 9.50. The van der Waals surface area contributed by atoms with Crippen molar-refractivity contribution in [1.29, 1.82) is 0 Å². The summed E-state index contributed by atoms with van der Waals surface area (Å²) in [6.45, 7) is 0. The van der Waals surface area contributed by atoms with E-state index in [9.17, 15) is 4.79 Å². The summed E-state index contributed by atoms with van der Waals surface area (Å²) >= 11 is 0. The quantitative estimate of drug-likeness (QED) is 0.632. The Morgan fingerprint density at radius 3 is 2.24 bits per heavy atom. The number of carbonyl (C=O) groups is 1. The van der Waals surface area contributed by atoms with Crippen molar-refractivity contribution in [2.45, 2.75) is 18.8 Å². The van der Waals surface area contributed by atoms with Crippen LogP contribution in [0.25, 0.3) is 11.1 Å². The molecule has 0 fully saturated rings. The Kier molecular flexibility index (Phi) is 5.21. The molecule has 0 amide bonds. The van der Waals surface area contributed by atoms with E-state index in [2.05, 4.69) is 23.2 Å². The van der Waals surface area contributed by atoms with Crippen molar-refractivity contribution < 1.29 is 19.0 Å². The maximum Gasteiger partial charge on any atom is 0.203 e. The van der Waals surface area contributed by atoms with Crippen LogP contribution in [0.2, 0.25) is 0 Å². The molecule has 0 spiro atoms. The Balaban J connectivity index is 1.74. The van der Waals surface area contributed by atoms with Crippen LogP contribution in [0, 0.1) is 0 Å². The Morgan fingerprint density at radius 2 is 1.62 bits per heavy atom. The van der Waals surface area contributed by atoms with E-state index >= 15 is 0 Å². The molecule has 0 saturated heterocycles. The molecule has 5 heteroatoms. The van der Waals surface area contributed by atoms with Gasteiger partial charge in [-0.1, -0.05) is 30.3 Å². The van der Waals surface area contributed by atoms with Gasteiger partial charge in [0.2, 0.25) is 5.75 Å². The molecule has 1 aliphatic carbocycles. The molecular weight excluding hydrogens is 366 g/mol. The smallest absolute Gasteiger partial charge is 0.203 e. The van der Waals surface area contributed by atoms with Crippen molar-refractivity contribution >= 4 is 5.78 Å². The predicted octanol–water partition coefficient (Wildman–Crippen LogP) is 4.23. The highest BCUT2D eigenvalue weighted by molar-refractivity contribution is 5.92. The monoisotopic (exact) mass is 389 g/mol. The lowest BCUT2D eigenvalue weighted by Crippen LogP contribution is -2.09. The van der Waals surface area contributed by atoms with Crippen LogP contribution in [0.1, 0.15) is 22.7 Å². The summed E-state index contributed by atoms with van der Waals surface area (Å²) in [5.74, 6) is 1.77. The van der Waals surface area contributed by atoms with Gasteiger partial charge in [0.15, 0.2) is 11.5 Å². The van der Waals surface area contributed by atoms with Crippen LogP contribution < -0.4 is 14.2 Å². The van der Waals surface area contributed by atoms with Crippen molar-refractivity contribution in [3.8, 4) is 28.4 Å². The van der Waals surface area contributed by atoms with Gasteiger partial charge in [-0.15, -0.1) is 0 Å². The SMILES string of the molecule is COc1cc(-c2cnc3c(c2)C(Cc2ccccc2)C(=O)C3)cc(OC)c1OC. The van der Waals surface area contributed by atoms with Crippen LogP contribution in [0.3, 0.4) is 0 Å². The van der Waals surface area contributed by atoms with Gasteiger partial charge >= 0.3 is 0 Å². The third kappa shape index (κ3) is 3.56. The van der Waals surface area contributed by atoms with Gasteiger partial charge in [-0.3, -0.25) is 9.78 Å². The summed E-state index contributed by atoms with van der Waals surface area (Å²) in [5, 5.41) is 0. The number of ether oxygens (including phenoxy) is 3. The van der Waals surface area contributed by atoms with Gasteiger partial charge in [0.05, 0.1) is 27.0 Å². The molecule has 0 radical (unpaired) electrons.